The van der Waals surface area contributed by atoms with Crippen molar-refractivity contribution in [2.75, 3.05) is 33.7 Å². The molecule has 0 aliphatic heterocycles. The fourth-order valence-corrected chi connectivity index (χ4v) is 2.63. The van der Waals surface area contributed by atoms with Gasteiger partial charge in [0.25, 0.3) is 0 Å². The van der Waals surface area contributed by atoms with Crippen LogP contribution >= 0.6 is 0 Å². The Morgan fingerprint density at radius 3 is 2.33 bits per heavy atom. The highest BCUT2D eigenvalue weighted by molar-refractivity contribution is 6.07. The van der Waals surface area contributed by atoms with E-state index in [9.17, 15) is 14.0 Å². The minimum Gasteiger partial charge on any atom is -0.355 e. The maximum atomic E-state index is 13.5. The van der Waals surface area contributed by atoms with Crippen LogP contribution in [0, 0.1) is 11.2 Å². The van der Waals surface area contributed by atoms with Gasteiger partial charge in [0.15, 0.2) is 0 Å². The third kappa shape index (κ3) is 4.77. The van der Waals surface area contributed by atoms with Crippen LogP contribution in [0.1, 0.15) is 24.8 Å². The van der Waals surface area contributed by atoms with Crippen molar-refractivity contribution in [1.29, 1.82) is 0 Å². The zero-order chi connectivity index (χ0) is 17.6. The summed E-state index contributed by atoms with van der Waals surface area (Å²) in [5.74, 6) is -0.708. The van der Waals surface area contributed by atoms with Gasteiger partial charge in [0.2, 0.25) is 11.8 Å². The van der Waals surface area contributed by atoms with Crippen molar-refractivity contribution in [2.45, 2.75) is 25.7 Å². The summed E-state index contributed by atoms with van der Waals surface area (Å²) >= 11 is 0. The van der Waals surface area contributed by atoms with E-state index in [1.807, 2.05) is 14.1 Å². The maximum Gasteiger partial charge on any atom is 0.235 e. The van der Waals surface area contributed by atoms with Gasteiger partial charge in [0, 0.05) is 13.1 Å². The van der Waals surface area contributed by atoms with Crippen molar-refractivity contribution < 1.29 is 14.0 Å². The summed E-state index contributed by atoms with van der Waals surface area (Å²) in [5.41, 5.74) is -0.344. The van der Waals surface area contributed by atoms with Crippen molar-refractivity contribution in [3.05, 3.63) is 35.6 Å². The molecule has 0 saturated heterocycles. The highest BCUT2D eigenvalue weighted by atomic mass is 19.1. The third-order valence-electron chi connectivity index (χ3n) is 4.32. The van der Waals surface area contributed by atoms with Gasteiger partial charge in [-0.2, -0.15) is 0 Å². The van der Waals surface area contributed by atoms with Crippen LogP contribution < -0.4 is 10.6 Å². The van der Waals surface area contributed by atoms with Gasteiger partial charge < -0.3 is 15.5 Å². The van der Waals surface area contributed by atoms with Gasteiger partial charge in [-0.1, -0.05) is 18.2 Å². The largest absolute Gasteiger partial charge is 0.355 e. The molecular weight excluding hydrogens is 309 g/mol. The van der Waals surface area contributed by atoms with E-state index in [4.69, 9.17) is 0 Å². The summed E-state index contributed by atoms with van der Waals surface area (Å²) in [6.07, 6.45) is 2.43. The molecule has 132 valence electrons. The number of nitrogens with one attached hydrogen (secondary N) is 2. The van der Waals surface area contributed by atoms with Gasteiger partial charge in [-0.25, -0.2) is 4.39 Å². The molecule has 0 radical (unpaired) electrons. The summed E-state index contributed by atoms with van der Waals surface area (Å²) in [4.78, 5) is 26.6. The Hall–Kier alpha value is -1.95. The smallest absolute Gasteiger partial charge is 0.235 e. The molecule has 5 nitrogen and oxygen atoms in total. The molecule has 0 atom stereocenters. The van der Waals surface area contributed by atoms with Crippen LogP contribution in [0.25, 0.3) is 0 Å². The molecular formula is C18H26FN3O2. The van der Waals surface area contributed by atoms with E-state index in [1.54, 1.807) is 18.2 Å². The molecule has 0 aromatic heterocycles. The molecule has 0 spiro atoms. The van der Waals surface area contributed by atoms with E-state index in [-0.39, 0.29) is 17.6 Å². The number of nitrogens with zero attached hydrogens (tertiary/aromatic N) is 1. The zero-order valence-corrected chi connectivity index (χ0v) is 14.4. The van der Waals surface area contributed by atoms with E-state index in [0.29, 0.717) is 37.9 Å². The quantitative estimate of drug-likeness (QED) is 0.529. The van der Waals surface area contributed by atoms with Crippen LogP contribution in [0.5, 0.6) is 0 Å². The predicted molar refractivity (Wildman–Crippen MR) is 91.0 cm³/mol. The highest BCUT2D eigenvalue weighted by Crippen LogP contribution is 2.46. The number of hydrogen-bond acceptors (Lipinski definition) is 3. The first-order valence-electron chi connectivity index (χ1n) is 8.40. The average Bonchev–Trinajstić information content (AvgIpc) is 3.35. The SMILES string of the molecule is CN(C)CCCNC(=O)C1(C(=O)NCCc2ccccc2F)CC1. The topological polar surface area (TPSA) is 61.4 Å². The molecule has 2 amide bonds. The van der Waals surface area contributed by atoms with Crippen molar-refractivity contribution in [3.63, 3.8) is 0 Å². The molecule has 1 aromatic carbocycles. The van der Waals surface area contributed by atoms with Crippen molar-refractivity contribution in [2.24, 2.45) is 5.41 Å². The molecule has 1 aliphatic carbocycles. The Kier molecular flexibility index (Phi) is 6.31. The van der Waals surface area contributed by atoms with E-state index in [0.717, 1.165) is 13.0 Å². The van der Waals surface area contributed by atoms with Gasteiger partial charge in [-0.15, -0.1) is 0 Å². The number of hydrogen-bond donors (Lipinski definition) is 2. The number of halogens is 1. The van der Waals surface area contributed by atoms with Crippen LogP contribution in [0.3, 0.4) is 0 Å². The van der Waals surface area contributed by atoms with E-state index in [1.165, 1.54) is 6.07 Å². The summed E-state index contributed by atoms with van der Waals surface area (Å²) < 4.78 is 13.5. The standard InChI is InChI=1S/C18H26FN3O2/c1-22(2)13-5-11-20-16(23)18(9-10-18)17(24)21-12-8-14-6-3-4-7-15(14)19/h3-4,6-7H,5,8-13H2,1-2H3,(H,20,23)(H,21,24). The molecule has 2 N–H and O–H groups in total. The lowest BCUT2D eigenvalue weighted by Gasteiger charge is -2.16. The van der Waals surface area contributed by atoms with Crippen LogP contribution in [-0.4, -0.2) is 50.4 Å². The first kappa shape index (κ1) is 18.4. The summed E-state index contributed by atoms with van der Waals surface area (Å²) in [7, 11) is 3.96. The van der Waals surface area contributed by atoms with E-state index >= 15 is 0 Å². The van der Waals surface area contributed by atoms with Crippen LogP contribution in [0.2, 0.25) is 0 Å². The van der Waals surface area contributed by atoms with Gasteiger partial charge >= 0.3 is 0 Å². The lowest BCUT2D eigenvalue weighted by Crippen LogP contribution is -2.44. The summed E-state index contributed by atoms with van der Waals surface area (Å²) in [5, 5.41) is 5.63. The lowest BCUT2D eigenvalue weighted by molar-refractivity contribution is -0.137. The second kappa shape index (κ2) is 8.24. The molecule has 1 fully saturated rings. The first-order chi connectivity index (χ1) is 11.5. The minimum atomic E-state index is -0.909. The highest BCUT2D eigenvalue weighted by Gasteiger charge is 2.56. The Labute approximate surface area is 142 Å². The van der Waals surface area contributed by atoms with Crippen molar-refractivity contribution in [3.8, 4) is 0 Å². The first-order valence-corrected chi connectivity index (χ1v) is 8.40. The van der Waals surface area contributed by atoms with E-state index < -0.39 is 5.41 Å². The number of carbonyl (C=O) groups excluding carboxylic acids is 2. The second-order valence-corrected chi connectivity index (χ2v) is 6.59. The molecule has 2 rings (SSSR count). The maximum absolute atomic E-state index is 13.5. The molecule has 1 saturated carbocycles. The Bertz CT molecular complexity index is 585. The fraction of sp³-hybridized carbons (Fsp3) is 0.556. The van der Waals surface area contributed by atoms with Crippen LogP contribution in [-0.2, 0) is 16.0 Å². The molecule has 1 aliphatic rings. The van der Waals surface area contributed by atoms with Crippen LogP contribution in [0.4, 0.5) is 4.39 Å². The monoisotopic (exact) mass is 335 g/mol. The summed E-state index contributed by atoms with van der Waals surface area (Å²) in [6.45, 7) is 1.79. The zero-order valence-electron chi connectivity index (χ0n) is 14.4. The molecule has 24 heavy (non-hydrogen) atoms. The number of benzene rings is 1. The third-order valence-corrected chi connectivity index (χ3v) is 4.32. The van der Waals surface area contributed by atoms with Crippen molar-refractivity contribution in [1.82, 2.24) is 15.5 Å². The molecule has 0 unspecified atom stereocenters. The van der Waals surface area contributed by atoms with Gasteiger partial charge in [0.1, 0.15) is 11.2 Å². The Morgan fingerprint density at radius 1 is 1.12 bits per heavy atom. The fourth-order valence-electron chi connectivity index (χ4n) is 2.63. The summed E-state index contributed by atoms with van der Waals surface area (Å²) in [6, 6.07) is 6.51. The molecule has 0 heterocycles. The van der Waals surface area contributed by atoms with Gasteiger partial charge in [-0.05, 0) is 58.0 Å². The number of amides is 2. The molecule has 1 aromatic rings. The van der Waals surface area contributed by atoms with Crippen molar-refractivity contribution >= 4 is 11.8 Å². The van der Waals surface area contributed by atoms with Gasteiger partial charge in [0.05, 0.1) is 0 Å². The van der Waals surface area contributed by atoms with E-state index in [2.05, 4.69) is 15.5 Å². The number of carbonyl (C=O) groups is 2. The Balaban J connectivity index is 1.75. The average molecular weight is 335 g/mol. The van der Waals surface area contributed by atoms with Crippen LogP contribution in [0.15, 0.2) is 24.3 Å². The normalized spacial score (nSPS) is 15.2. The molecule has 6 heteroatoms. The Morgan fingerprint density at radius 2 is 1.75 bits per heavy atom. The minimum absolute atomic E-state index is 0.190. The number of rotatable bonds is 9. The predicted octanol–water partition coefficient (Wildman–Crippen LogP) is 1.33. The second-order valence-electron chi connectivity index (χ2n) is 6.59. The molecule has 0 bridgehead atoms. The van der Waals surface area contributed by atoms with Gasteiger partial charge in [-0.3, -0.25) is 9.59 Å². The lowest BCUT2D eigenvalue weighted by atomic mass is 10.0.